The molecule has 0 saturated carbocycles. The van der Waals surface area contributed by atoms with Crippen LogP contribution in [0.25, 0.3) is 0 Å². The van der Waals surface area contributed by atoms with Gasteiger partial charge in [-0.2, -0.15) is 5.10 Å². The van der Waals surface area contributed by atoms with Gasteiger partial charge in [0.2, 0.25) is 0 Å². The van der Waals surface area contributed by atoms with Crippen molar-refractivity contribution in [3.63, 3.8) is 0 Å². The first kappa shape index (κ1) is 11.8. The summed E-state index contributed by atoms with van der Waals surface area (Å²) in [5, 5.41) is 7.57. The fourth-order valence-corrected chi connectivity index (χ4v) is 1.61. The Morgan fingerprint density at radius 2 is 2.12 bits per heavy atom. The maximum Gasteiger partial charge on any atom is 0.123 e. The highest BCUT2D eigenvalue weighted by atomic mass is 16.3. The third kappa shape index (κ3) is 2.90. The van der Waals surface area contributed by atoms with Crippen LogP contribution in [-0.4, -0.2) is 9.78 Å². The van der Waals surface area contributed by atoms with Gasteiger partial charge >= 0.3 is 0 Å². The highest BCUT2D eigenvalue weighted by Crippen LogP contribution is 2.13. The van der Waals surface area contributed by atoms with Crippen molar-refractivity contribution in [2.45, 2.75) is 39.8 Å². The second kappa shape index (κ2) is 5.08. The van der Waals surface area contributed by atoms with Crippen molar-refractivity contribution >= 4 is 5.69 Å². The summed E-state index contributed by atoms with van der Waals surface area (Å²) in [6.07, 6.45) is 4.78. The molecule has 0 saturated heterocycles. The minimum atomic E-state index is 0.390. The van der Waals surface area contributed by atoms with Gasteiger partial charge in [-0.15, -0.1) is 0 Å². The van der Waals surface area contributed by atoms with Crippen molar-refractivity contribution in [1.29, 1.82) is 0 Å². The first-order chi connectivity index (χ1) is 8.19. The van der Waals surface area contributed by atoms with Gasteiger partial charge in [-0.1, -0.05) is 6.92 Å². The average molecular weight is 233 g/mol. The van der Waals surface area contributed by atoms with E-state index in [0.29, 0.717) is 12.6 Å². The number of rotatable bonds is 5. The van der Waals surface area contributed by atoms with Crippen molar-refractivity contribution in [2.24, 2.45) is 0 Å². The van der Waals surface area contributed by atoms with Crippen molar-refractivity contribution < 1.29 is 4.42 Å². The van der Waals surface area contributed by atoms with Crippen molar-refractivity contribution in [1.82, 2.24) is 9.78 Å². The fraction of sp³-hybridized carbons (Fsp3) is 0.462. The standard InChI is InChI=1S/C13H19N3O/c1-4-12-5-6-13(17-12)8-14-11-7-15-16(9-11)10(2)3/h5-7,9-10,14H,4,8H2,1-3H3. The summed E-state index contributed by atoms with van der Waals surface area (Å²) >= 11 is 0. The lowest BCUT2D eigenvalue weighted by atomic mass is 10.3. The normalized spacial score (nSPS) is 11.1. The predicted molar refractivity (Wildman–Crippen MR) is 68.0 cm³/mol. The quantitative estimate of drug-likeness (QED) is 0.862. The molecule has 0 amide bonds. The highest BCUT2D eigenvalue weighted by Gasteiger charge is 2.03. The smallest absolute Gasteiger partial charge is 0.123 e. The Labute approximate surface area is 102 Å². The van der Waals surface area contributed by atoms with Gasteiger partial charge in [0.05, 0.1) is 18.4 Å². The van der Waals surface area contributed by atoms with E-state index >= 15 is 0 Å². The van der Waals surface area contributed by atoms with E-state index in [1.807, 2.05) is 29.2 Å². The minimum absolute atomic E-state index is 0.390. The zero-order valence-electron chi connectivity index (χ0n) is 10.6. The molecule has 0 bridgehead atoms. The molecular weight excluding hydrogens is 214 g/mol. The van der Waals surface area contributed by atoms with Crippen LogP contribution in [0.1, 0.15) is 38.3 Å². The molecule has 0 atom stereocenters. The van der Waals surface area contributed by atoms with Crippen LogP contribution in [0.3, 0.4) is 0 Å². The Kier molecular flexibility index (Phi) is 3.52. The second-order valence-electron chi connectivity index (χ2n) is 4.38. The predicted octanol–water partition coefficient (Wildman–Crippen LogP) is 3.23. The summed E-state index contributed by atoms with van der Waals surface area (Å²) in [4.78, 5) is 0. The lowest BCUT2D eigenvalue weighted by Crippen LogP contribution is -2.00. The zero-order valence-corrected chi connectivity index (χ0v) is 10.6. The summed E-state index contributed by atoms with van der Waals surface area (Å²) in [5.74, 6) is 1.99. The molecule has 4 heteroatoms. The van der Waals surface area contributed by atoms with Crippen LogP contribution in [0.2, 0.25) is 0 Å². The van der Waals surface area contributed by atoms with Crippen molar-refractivity contribution in [3.8, 4) is 0 Å². The molecule has 0 fully saturated rings. The first-order valence-corrected chi connectivity index (χ1v) is 6.04. The maximum absolute atomic E-state index is 5.62. The van der Waals surface area contributed by atoms with E-state index in [1.165, 1.54) is 0 Å². The van der Waals surface area contributed by atoms with Gasteiger partial charge < -0.3 is 9.73 Å². The lowest BCUT2D eigenvalue weighted by molar-refractivity contribution is 0.476. The number of aromatic nitrogens is 2. The Morgan fingerprint density at radius 1 is 1.35 bits per heavy atom. The summed E-state index contributed by atoms with van der Waals surface area (Å²) in [5.41, 5.74) is 1.02. The molecule has 2 aromatic rings. The third-order valence-corrected chi connectivity index (χ3v) is 2.66. The third-order valence-electron chi connectivity index (χ3n) is 2.66. The molecule has 17 heavy (non-hydrogen) atoms. The van der Waals surface area contributed by atoms with Crippen LogP contribution < -0.4 is 5.32 Å². The number of aryl methyl sites for hydroxylation is 1. The average Bonchev–Trinajstić information content (AvgIpc) is 2.95. The lowest BCUT2D eigenvalue weighted by Gasteiger charge is -2.03. The number of hydrogen-bond donors (Lipinski definition) is 1. The van der Waals surface area contributed by atoms with Gasteiger partial charge in [0.15, 0.2) is 0 Å². The SMILES string of the molecule is CCc1ccc(CNc2cnn(C(C)C)c2)o1. The van der Waals surface area contributed by atoms with Crippen LogP contribution in [0, 0.1) is 0 Å². The molecule has 0 aliphatic rings. The number of nitrogens with zero attached hydrogens (tertiary/aromatic N) is 2. The van der Waals surface area contributed by atoms with E-state index < -0.39 is 0 Å². The van der Waals surface area contributed by atoms with Crippen molar-refractivity contribution in [2.75, 3.05) is 5.32 Å². The Hall–Kier alpha value is -1.71. The molecule has 0 aliphatic heterocycles. The Morgan fingerprint density at radius 3 is 2.71 bits per heavy atom. The largest absolute Gasteiger partial charge is 0.464 e. The van der Waals surface area contributed by atoms with Gasteiger partial charge in [0, 0.05) is 18.7 Å². The zero-order chi connectivity index (χ0) is 12.3. The summed E-state index contributed by atoms with van der Waals surface area (Å²) in [6, 6.07) is 4.42. The molecule has 2 aromatic heterocycles. The molecule has 1 N–H and O–H groups in total. The second-order valence-corrected chi connectivity index (χ2v) is 4.38. The number of furan rings is 1. The van der Waals surface area contributed by atoms with Gasteiger partial charge in [0.1, 0.15) is 11.5 Å². The molecule has 92 valence electrons. The van der Waals surface area contributed by atoms with E-state index in [9.17, 15) is 0 Å². The van der Waals surface area contributed by atoms with Crippen LogP contribution in [0.15, 0.2) is 28.9 Å². The number of hydrogen-bond acceptors (Lipinski definition) is 3. The monoisotopic (exact) mass is 233 g/mol. The molecule has 0 aromatic carbocycles. The molecule has 0 spiro atoms. The summed E-state index contributed by atoms with van der Waals surface area (Å²) < 4.78 is 7.55. The number of nitrogens with one attached hydrogen (secondary N) is 1. The number of anilines is 1. The molecule has 0 aliphatic carbocycles. The fourth-order valence-electron chi connectivity index (χ4n) is 1.61. The van der Waals surface area contributed by atoms with Gasteiger partial charge in [0.25, 0.3) is 0 Å². The van der Waals surface area contributed by atoms with Crippen LogP contribution in [0.5, 0.6) is 0 Å². The van der Waals surface area contributed by atoms with Crippen molar-refractivity contribution in [3.05, 3.63) is 36.0 Å². The van der Waals surface area contributed by atoms with Crippen LogP contribution in [-0.2, 0) is 13.0 Å². The molecule has 2 rings (SSSR count). The molecule has 2 heterocycles. The summed E-state index contributed by atoms with van der Waals surface area (Å²) in [7, 11) is 0. The molecule has 0 unspecified atom stereocenters. The highest BCUT2D eigenvalue weighted by molar-refractivity contribution is 5.38. The van der Waals surface area contributed by atoms with Crippen LogP contribution >= 0.6 is 0 Å². The summed E-state index contributed by atoms with van der Waals surface area (Å²) in [6.45, 7) is 7.00. The first-order valence-electron chi connectivity index (χ1n) is 6.04. The molecular formula is C13H19N3O. The van der Waals surface area contributed by atoms with E-state index in [0.717, 1.165) is 23.6 Å². The minimum Gasteiger partial charge on any atom is -0.464 e. The Balaban J connectivity index is 1.92. The Bertz CT molecular complexity index is 470. The van der Waals surface area contributed by atoms with E-state index in [2.05, 4.69) is 31.2 Å². The van der Waals surface area contributed by atoms with Crippen LogP contribution in [0.4, 0.5) is 5.69 Å². The van der Waals surface area contributed by atoms with E-state index in [1.54, 1.807) is 0 Å². The van der Waals surface area contributed by atoms with E-state index in [4.69, 9.17) is 4.42 Å². The molecule has 4 nitrogen and oxygen atoms in total. The van der Waals surface area contributed by atoms with Gasteiger partial charge in [-0.25, -0.2) is 0 Å². The van der Waals surface area contributed by atoms with E-state index in [-0.39, 0.29) is 0 Å². The van der Waals surface area contributed by atoms with Gasteiger partial charge in [-0.05, 0) is 26.0 Å². The molecule has 0 radical (unpaired) electrons. The van der Waals surface area contributed by atoms with Gasteiger partial charge in [-0.3, -0.25) is 4.68 Å². The topological polar surface area (TPSA) is 43.0 Å². The maximum atomic E-state index is 5.62.